The number of benzene rings is 1. The van der Waals surface area contributed by atoms with Crippen LogP contribution in [0.2, 0.25) is 0 Å². The summed E-state index contributed by atoms with van der Waals surface area (Å²) in [6.45, 7) is 0.822. The highest BCUT2D eigenvalue weighted by Crippen LogP contribution is 2.43. The van der Waals surface area contributed by atoms with Crippen LogP contribution in [0.15, 0.2) is 35.3 Å². The molecule has 0 unspecified atom stereocenters. The average molecular weight is 243 g/mol. The molecule has 3 nitrogen and oxygen atoms in total. The van der Waals surface area contributed by atoms with Crippen molar-refractivity contribution in [1.82, 2.24) is 5.32 Å². The van der Waals surface area contributed by atoms with Gasteiger partial charge in [-0.2, -0.15) is 0 Å². The molecule has 96 valence electrons. The molecule has 0 aliphatic heterocycles. The number of rotatable bonds is 4. The predicted octanol–water partition coefficient (Wildman–Crippen LogP) is 2.17. The first kappa shape index (κ1) is 11.6. The highest BCUT2D eigenvalue weighted by molar-refractivity contribution is 5.78. The molecule has 0 bridgehead atoms. The Hall–Kier alpha value is -1.51. The standard InChI is InChI=1S/C15H21N3/c16-14(18-13-7-8-13)17-11-15(9-4-10-15)12-5-2-1-3-6-12/h1-3,5-6,13H,4,7-11H2,(H3,16,17,18). The fraction of sp³-hybridized carbons (Fsp3) is 0.533. The molecule has 0 aromatic heterocycles. The molecule has 0 heterocycles. The van der Waals surface area contributed by atoms with Crippen LogP contribution >= 0.6 is 0 Å². The van der Waals surface area contributed by atoms with Crippen LogP contribution in [0, 0.1) is 0 Å². The minimum absolute atomic E-state index is 0.247. The maximum absolute atomic E-state index is 5.92. The van der Waals surface area contributed by atoms with Gasteiger partial charge in [-0.3, -0.25) is 4.99 Å². The lowest BCUT2D eigenvalue weighted by Crippen LogP contribution is -2.40. The molecule has 1 aromatic rings. The van der Waals surface area contributed by atoms with Gasteiger partial charge in [0, 0.05) is 11.5 Å². The van der Waals surface area contributed by atoms with Crippen LogP contribution in [0.1, 0.15) is 37.7 Å². The number of nitrogens with zero attached hydrogens (tertiary/aromatic N) is 1. The lowest BCUT2D eigenvalue weighted by Gasteiger charge is -2.41. The zero-order valence-electron chi connectivity index (χ0n) is 10.7. The summed E-state index contributed by atoms with van der Waals surface area (Å²) in [5.74, 6) is 0.625. The normalized spacial score (nSPS) is 22.3. The first-order chi connectivity index (χ1) is 8.78. The maximum atomic E-state index is 5.92. The topological polar surface area (TPSA) is 50.4 Å². The molecule has 3 heteroatoms. The Labute approximate surface area is 108 Å². The molecule has 2 fully saturated rings. The zero-order valence-corrected chi connectivity index (χ0v) is 10.7. The lowest BCUT2D eigenvalue weighted by molar-refractivity contribution is 0.253. The second-order valence-corrected chi connectivity index (χ2v) is 5.62. The third-order valence-electron chi connectivity index (χ3n) is 4.18. The van der Waals surface area contributed by atoms with Crippen molar-refractivity contribution in [1.29, 1.82) is 0 Å². The Morgan fingerprint density at radius 1 is 1.28 bits per heavy atom. The Morgan fingerprint density at radius 2 is 2.00 bits per heavy atom. The Kier molecular flexibility index (Phi) is 2.98. The molecule has 2 aliphatic carbocycles. The van der Waals surface area contributed by atoms with Gasteiger partial charge in [0.25, 0.3) is 0 Å². The first-order valence-corrected chi connectivity index (χ1v) is 6.91. The highest BCUT2D eigenvalue weighted by Gasteiger charge is 2.38. The Morgan fingerprint density at radius 3 is 2.56 bits per heavy atom. The molecular formula is C15H21N3. The van der Waals surface area contributed by atoms with Gasteiger partial charge >= 0.3 is 0 Å². The number of nitrogens with two attached hydrogens (primary N) is 1. The van der Waals surface area contributed by atoms with Crippen LogP contribution in [0.3, 0.4) is 0 Å². The van der Waals surface area contributed by atoms with E-state index >= 15 is 0 Å². The predicted molar refractivity (Wildman–Crippen MR) is 74.6 cm³/mol. The molecular weight excluding hydrogens is 222 g/mol. The van der Waals surface area contributed by atoms with Crippen LogP contribution in [0.4, 0.5) is 0 Å². The first-order valence-electron chi connectivity index (χ1n) is 6.91. The number of nitrogens with one attached hydrogen (secondary N) is 1. The number of hydrogen-bond donors (Lipinski definition) is 2. The third kappa shape index (κ3) is 2.35. The molecule has 1 aromatic carbocycles. The minimum atomic E-state index is 0.247. The summed E-state index contributed by atoms with van der Waals surface area (Å²) < 4.78 is 0. The van der Waals surface area contributed by atoms with Crippen molar-refractivity contribution in [3.8, 4) is 0 Å². The van der Waals surface area contributed by atoms with Crippen molar-refractivity contribution in [2.24, 2.45) is 10.7 Å². The average Bonchev–Trinajstić information content (AvgIpc) is 3.13. The summed E-state index contributed by atoms with van der Waals surface area (Å²) >= 11 is 0. The molecule has 18 heavy (non-hydrogen) atoms. The van der Waals surface area contributed by atoms with E-state index in [4.69, 9.17) is 5.73 Å². The van der Waals surface area contributed by atoms with E-state index < -0.39 is 0 Å². The van der Waals surface area contributed by atoms with Gasteiger partial charge in [-0.25, -0.2) is 0 Å². The van der Waals surface area contributed by atoms with E-state index in [1.165, 1.54) is 37.7 Å². The van der Waals surface area contributed by atoms with Crippen LogP contribution < -0.4 is 11.1 Å². The van der Waals surface area contributed by atoms with Gasteiger partial charge in [0.1, 0.15) is 0 Å². The largest absolute Gasteiger partial charge is 0.370 e. The van der Waals surface area contributed by atoms with E-state index in [2.05, 4.69) is 40.6 Å². The van der Waals surface area contributed by atoms with E-state index in [9.17, 15) is 0 Å². The van der Waals surface area contributed by atoms with Crippen LogP contribution in [0.5, 0.6) is 0 Å². The van der Waals surface area contributed by atoms with Gasteiger partial charge in [-0.05, 0) is 31.2 Å². The minimum Gasteiger partial charge on any atom is -0.370 e. The van der Waals surface area contributed by atoms with Crippen molar-refractivity contribution in [2.75, 3.05) is 6.54 Å². The van der Waals surface area contributed by atoms with Gasteiger partial charge in [0.2, 0.25) is 0 Å². The molecule has 2 saturated carbocycles. The molecule has 0 amide bonds. The quantitative estimate of drug-likeness (QED) is 0.629. The van der Waals surface area contributed by atoms with Gasteiger partial charge in [0.05, 0.1) is 6.54 Å². The monoisotopic (exact) mass is 243 g/mol. The van der Waals surface area contributed by atoms with Gasteiger partial charge in [-0.1, -0.05) is 36.8 Å². The summed E-state index contributed by atoms with van der Waals surface area (Å²) in [7, 11) is 0. The third-order valence-corrected chi connectivity index (χ3v) is 4.18. The van der Waals surface area contributed by atoms with Crippen LogP contribution in [0.25, 0.3) is 0 Å². The van der Waals surface area contributed by atoms with Crippen molar-refractivity contribution < 1.29 is 0 Å². The van der Waals surface area contributed by atoms with Crippen molar-refractivity contribution in [3.63, 3.8) is 0 Å². The molecule has 2 aliphatic rings. The van der Waals surface area contributed by atoms with Gasteiger partial charge < -0.3 is 11.1 Å². The van der Waals surface area contributed by atoms with E-state index in [1.54, 1.807) is 0 Å². The van der Waals surface area contributed by atoms with E-state index in [0.29, 0.717) is 12.0 Å². The number of hydrogen-bond acceptors (Lipinski definition) is 1. The van der Waals surface area contributed by atoms with Crippen molar-refractivity contribution >= 4 is 5.96 Å². The lowest BCUT2D eigenvalue weighted by atomic mass is 9.64. The SMILES string of the molecule is NC(=NCC1(c2ccccc2)CCC1)NC1CC1. The van der Waals surface area contributed by atoms with Gasteiger partial charge in [0.15, 0.2) is 5.96 Å². The van der Waals surface area contributed by atoms with Crippen LogP contribution in [-0.2, 0) is 5.41 Å². The van der Waals surface area contributed by atoms with E-state index in [-0.39, 0.29) is 5.41 Å². The molecule has 3 N–H and O–H groups in total. The molecule has 0 atom stereocenters. The Bertz CT molecular complexity index is 430. The molecule has 3 rings (SSSR count). The highest BCUT2D eigenvalue weighted by atomic mass is 15.1. The smallest absolute Gasteiger partial charge is 0.188 e. The van der Waals surface area contributed by atoms with Crippen molar-refractivity contribution in [2.45, 2.75) is 43.6 Å². The summed E-state index contributed by atoms with van der Waals surface area (Å²) in [5, 5.41) is 3.25. The fourth-order valence-corrected chi connectivity index (χ4v) is 2.65. The Balaban J connectivity index is 1.68. The molecule has 0 spiro atoms. The maximum Gasteiger partial charge on any atom is 0.188 e. The number of guanidine groups is 1. The van der Waals surface area contributed by atoms with Gasteiger partial charge in [-0.15, -0.1) is 0 Å². The fourth-order valence-electron chi connectivity index (χ4n) is 2.65. The van der Waals surface area contributed by atoms with Crippen LogP contribution in [-0.4, -0.2) is 18.5 Å². The summed E-state index contributed by atoms with van der Waals surface area (Å²) in [6, 6.07) is 11.3. The second-order valence-electron chi connectivity index (χ2n) is 5.62. The summed E-state index contributed by atoms with van der Waals surface area (Å²) in [4.78, 5) is 4.56. The number of aliphatic imine (C=N–C) groups is 1. The summed E-state index contributed by atoms with van der Waals surface area (Å²) in [5.41, 5.74) is 7.58. The van der Waals surface area contributed by atoms with E-state index in [1.807, 2.05) is 0 Å². The summed E-state index contributed by atoms with van der Waals surface area (Å²) in [6.07, 6.45) is 6.24. The molecule has 0 saturated heterocycles. The molecule has 0 radical (unpaired) electrons. The zero-order chi connectivity index (χ0) is 12.4. The van der Waals surface area contributed by atoms with Crippen molar-refractivity contribution in [3.05, 3.63) is 35.9 Å². The second kappa shape index (κ2) is 4.63. The van der Waals surface area contributed by atoms with E-state index in [0.717, 1.165) is 6.54 Å².